The van der Waals surface area contributed by atoms with Crippen LogP contribution in [-0.4, -0.2) is 78.6 Å². The molecule has 0 aliphatic rings. The largest absolute Gasteiger partial charge is 0.382 e. The fourth-order valence-corrected chi connectivity index (χ4v) is 13.7. The number of ether oxygens (including phenoxy) is 5. The third-order valence-electron chi connectivity index (χ3n) is 7.20. The third kappa shape index (κ3) is 36.7. The maximum atomic E-state index is 6.22. The van der Waals surface area contributed by atoms with Gasteiger partial charge in [-0.2, -0.15) is 0 Å². The number of halogens is 6. The van der Waals surface area contributed by atoms with E-state index in [9.17, 15) is 0 Å². The summed E-state index contributed by atoms with van der Waals surface area (Å²) in [6.07, 6.45) is 21.1. The molecule has 43 heavy (non-hydrogen) atoms. The standard InChI is InChI=1S/C30H60Cl6O5Si2/c1-37-27-28-41-26-18-25-40-22-15-11-7-3-2-6-10-14-20-38-23-17-24-39-21-16-12-8-4-5-9-13-19-30(43(34,35)36)29-42(31,32)33/h30H,2-29H2,1H3. The second-order valence-corrected chi connectivity index (χ2v) is 29.5. The Hall–Kier alpha value is 1.97. The lowest BCUT2D eigenvalue weighted by Gasteiger charge is -2.24. The van der Waals surface area contributed by atoms with Crippen LogP contribution in [0.25, 0.3) is 0 Å². The Balaban J connectivity index is 3.23. The minimum absolute atomic E-state index is 0.0599. The summed E-state index contributed by atoms with van der Waals surface area (Å²) < 4.78 is 27.5. The van der Waals surface area contributed by atoms with E-state index < -0.39 is 12.0 Å². The topological polar surface area (TPSA) is 46.2 Å². The summed E-state index contributed by atoms with van der Waals surface area (Å²) in [4.78, 5) is 0. The summed E-state index contributed by atoms with van der Waals surface area (Å²) in [5.74, 6) is 0. The highest BCUT2D eigenvalue weighted by molar-refractivity contribution is 7.67. The lowest BCUT2D eigenvalue weighted by molar-refractivity contribution is 0.0508. The van der Waals surface area contributed by atoms with Crippen LogP contribution < -0.4 is 0 Å². The van der Waals surface area contributed by atoms with Crippen molar-refractivity contribution in [2.24, 2.45) is 0 Å². The zero-order valence-electron chi connectivity index (χ0n) is 26.7. The van der Waals surface area contributed by atoms with Gasteiger partial charge in [-0.25, -0.2) is 0 Å². The monoisotopic (exact) mass is 766 g/mol. The summed E-state index contributed by atoms with van der Waals surface area (Å²) >= 11 is 36.8. The van der Waals surface area contributed by atoms with E-state index in [4.69, 9.17) is 90.2 Å². The van der Waals surface area contributed by atoms with Crippen molar-refractivity contribution in [1.29, 1.82) is 0 Å². The molecule has 0 bridgehead atoms. The van der Waals surface area contributed by atoms with Crippen LogP contribution in [0.1, 0.15) is 116 Å². The number of methoxy groups -OCH3 is 1. The molecule has 0 rings (SSSR count). The van der Waals surface area contributed by atoms with Gasteiger partial charge in [0.1, 0.15) is 0 Å². The summed E-state index contributed by atoms with van der Waals surface area (Å²) in [5.41, 5.74) is -0.0599. The molecule has 0 fully saturated rings. The van der Waals surface area contributed by atoms with Crippen LogP contribution in [0.3, 0.4) is 0 Å². The molecule has 0 saturated heterocycles. The molecule has 0 spiro atoms. The van der Waals surface area contributed by atoms with Crippen molar-refractivity contribution >= 4 is 78.5 Å². The molecular formula is C30H60Cl6O5Si2. The predicted molar refractivity (Wildman–Crippen MR) is 193 cm³/mol. The Labute approximate surface area is 294 Å². The highest BCUT2D eigenvalue weighted by Gasteiger charge is 2.42. The van der Waals surface area contributed by atoms with E-state index in [0.29, 0.717) is 19.3 Å². The van der Waals surface area contributed by atoms with Crippen molar-refractivity contribution in [3.05, 3.63) is 0 Å². The molecule has 0 aliphatic heterocycles. The maximum absolute atomic E-state index is 6.22. The Morgan fingerprint density at radius 1 is 0.395 bits per heavy atom. The Morgan fingerprint density at radius 2 is 0.721 bits per heavy atom. The molecule has 0 aromatic carbocycles. The van der Waals surface area contributed by atoms with E-state index in [1.807, 2.05) is 0 Å². The van der Waals surface area contributed by atoms with Crippen molar-refractivity contribution in [2.45, 2.75) is 127 Å². The van der Waals surface area contributed by atoms with Crippen molar-refractivity contribution in [2.75, 3.05) is 66.6 Å². The first kappa shape index (κ1) is 45.0. The van der Waals surface area contributed by atoms with Gasteiger partial charge in [-0.05, 0) is 50.1 Å². The van der Waals surface area contributed by atoms with E-state index in [-0.39, 0.29) is 5.54 Å². The molecule has 0 radical (unpaired) electrons. The first-order valence-corrected chi connectivity index (χ1v) is 27.0. The molecule has 13 heteroatoms. The average molecular weight is 770 g/mol. The van der Waals surface area contributed by atoms with Gasteiger partial charge < -0.3 is 23.7 Å². The molecule has 260 valence electrons. The number of rotatable bonds is 35. The zero-order chi connectivity index (χ0) is 31.9. The molecule has 0 N–H and O–H groups in total. The van der Waals surface area contributed by atoms with Gasteiger partial charge in [0.2, 0.25) is 0 Å². The van der Waals surface area contributed by atoms with Gasteiger partial charge in [-0.15, -0.1) is 66.5 Å². The van der Waals surface area contributed by atoms with Gasteiger partial charge in [-0.3, -0.25) is 0 Å². The second-order valence-electron chi connectivity index (χ2n) is 11.3. The molecule has 0 heterocycles. The molecule has 5 nitrogen and oxygen atoms in total. The van der Waals surface area contributed by atoms with E-state index in [2.05, 4.69) is 0 Å². The van der Waals surface area contributed by atoms with Crippen LogP contribution in [0.15, 0.2) is 0 Å². The van der Waals surface area contributed by atoms with E-state index in [0.717, 1.165) is 97.6 Å². The lowest BCUT2D eigenvalue weighted by Crippen LogP contribution is -2.25. The molecular weight excluding hydrogens is 709 g/mol. The van der Waals surface area contributed by atoms with Gasteiger partial charge in [-0.1, -0.05) is 77.0 Å². The smallest absolute Gasteiger partial charge is 0.344 e. The predicted octanol–water partition coefficient (Wildman–Crippen LogP) is 11.4. The van der Waals surface area contributed by atoms with Crippen LogP contribution in [0, 0.1) is 0 Å². The van der Waals surface area contributed by atoms with Crippen LogP contribution in [-0.2, 0) is 23.7 Å². The van der Waals surface area contributed by atoms with Gasteiger partial charge in [0, 0.05) is 53.4 Å². The summed E-state index contributed by atoms with van der Waals surface area (Å²) in [7, 11) is 1.69. The highest BCUT2D eigenvalue weighted by atomic mass is 35.8. The van der Waals surface area contributed by atoms with Crippen LogP contribution >= 0.6 is 66.5 Å². The molecule has 0 aromatic rings. The third-order valence-corrected chi connectivity index (χ3v) is 14.1. The average Bonchev–Trinajstić information content (AvgIpc) is 2.94. The minimum atomic E-state index is -2.85. The van der Waals surface area contributed by atoms with Gasteiger partial charge in [0.15, 0.2) is 0 Å². The van der Waals surface area contributed by atoms with Crippen molar-refractivity contribution in [3.8, 4) is 0 Å². The molecule has 0 aromatic heterocycles. The van der Waals surface area contributed by atoms with Gasteiger partial charge >= 0.3 is 12.0 Å². The molecule has 0 saturated carbocycles. The SMILES string of the molecule is COCCOCCCOCCCCCCCCCCOCCCOCCCCCCCCCC(C[Si](Cl)(Cl)Cl)[Si](Cl)(Cl)Cl. The molecule has 0 amide bonds. The first-order valence-electron chi connectivity index (χ1n) is 16.6. The van der Waals surface area contributed by atoms with Crippen molar-refractivity contribution in [3.63, 3.8) is 0 Å². The van der Waals surface area contributed by atoms with Gasteiger partial charge in [0.05, 0.1) is 13.2 Å². The fraction of sp³-hybridized carbons (Fsp3) is 1.00. The highest BCUT2D eigenvalue weighted by Crippen LogP contribution is 2.45. The summed E-state index contributed by atoms with van der Waals surface area (Å²) in [6, 6.07) is -5.19. The van der Waals surface area contributed by atoms with Crippen LogP contribution in [0.4, 0.5) is 0 Å². The van der Waals surface area contributed by atoms with Crippen LogP contribution in [0.2, 0.25) is 11.6 Å². The second kappa shape index (κ2) is 32.5. The van der Waals surface area contributed by atoms with Crippen molar-refractivity contribution in [1.82, 2.24) is 0 Å². The number of unbranched alkanes of at least 4 members (excludes halogenated alkanes) is 13. The Kier molecular flexibility index (Phi) is 34.0. The summed E-state index contributed by atoms with van der Waals surface area (Å²) in [5, 5.41) is 0. The zero-order valence-corrected chi connectivity index (χ0v) is 33.2. The van der Waals surface area contributed by atoms with Gasteiger partial charge in [0.25, 0.3) is 0 Å². The first-order chi connectivity index (χ1) is 20.7. The molecule has 1 atom stereocenters. The normalized spacial score (nSPS) is 13.2. The van der Waals surface area contributed by atoms with E-state index >= 15 is 0 Å². The molecule has 1 unspecified atom stereocenters. The molecule has 0 aliphatic carbocycles. The fourth-order valence-electron chi connectivity index (χ4n) is 4.69. The van der Waals surface area contributed by atoms with E-state index in [1.165, 1.54) is 64.2 Å². The number of hydrogen-bond acceptors (Lipinski definition) is 5. The van der Waals surface area contributed by atoms with Crippen molar-refractivity contribution < 1.29 is 23.7 Å². The minimum Gasteiger partial charge on any atom is -0.382 e. The van der Waals surface area contributed by atoms with Crippen LogP contribution in [0.5, 0.6) is 0 Å². The quantitative estimate of drug-likeness (QED) is 0.0365. The Morgan fingerprint density at radius 3 is 1.07 bits per heavy atom. The number of hydrogen-bond donors (Lipinski definition) is 0. The Bertz CT molecular complexity index is 574. The lowest BCUT2D eigenvalue weighted by atomic mass is 10.1. The van der Waals surface area contributed by atoms with E-state index in [1.54, 1.807) is 7.11 Å². The summed E-state index contributed by atoms with van der Waals surface area (Å²) in [6.45, 7) is 7.05. The maximum Gasteiger partial charge on any atom is 0.344 e.